The van der Waals surface area contributed by atoms with Crippen LogP contribution in [0.2, 0.25) is 0 Å². The van der Waals surface area contributed by atoms with E-state index in [1.165, 1.54) is 0 Å². The van der Waals surface area contributed by atoms with Crippen LogP contribution in [0.15, 0.2) is 30.4 Å². The van der Waals surface area contributed by atoms with Crippen molar-refractivity contribution in [3.8, 4) is 5.75 Å². The molecule has 0 saturated heterocycles. The van der Waals surface area contributed by atoms with Crippen LogP contribution in [0.4, 0.5) is 0 Å². The molecule has 0 amide bonds. The Labute approximate surface area is 84.2 Å². The van der Waals surface area contributed by atoms with Gasteiger partial charge in [-0.05, 0) is 31.6 Å². The van der Waals surface area contributed by atoms with E-state index in [2.05, 4.69) is 6.58 Å². The molecule has 0 bridgehead atoms. The van der Waals surface area contributed by atoms with Crippen molar-refractivity contribution in [1.29, 1.82) is 0 Å². The first-order chi connectivity index (χ1) is 6.56. The lowest BCUT2D eigenvalue weighted by molar-refractivity contribution is 0.103. The van der Waals surface area contributed by atoms with Gasteiger partial charge in [0.1, 0.15) is 5.75 Å². The molecule has 0 aliphatic rings. The van der Waals surface area contributed by atoms with Crippen molar-refractivity contribution >= 4 is 5.78 Å². The summed E-state index contributed by atoms with van der Waals surface area (Å²) < 4.78 is 5.11. The highest BCUT2D eigenvalue weighted by Crippen LogP contribution is 2.21. The molecule has 0 radical (unpaired) electrons. The van der Waals surface area contributed by atoms with Crippen LogP contribution >= 0.6 is 0 Å². The zero-order valence-electron chi connectivity index (χ0n) is 8.76. The number of benzene rings is 1. The van der Waals surface area contributed by atoms with E-state index in [0.717, 1.165) is 5.56 Å². The minimum Gasteiger partial charge on any atom is -0.496 e. The van der Waals surface area contributed by atoms with E-state index in [4.69, 9.17) is 4.74 Å². The fourth-order valence-electron chi connectivity index (χ4n) is 1.23. The third kappa shape index (κ3) is 2.02. The molecule has 0 N–H and O–H groups in total. The van der Waals surface area contributed by atoms with Crippen LogP contribution in [0.3, 0.4) is 0 Å². The molecule has 0 spiro atoms. The van der Waals surface area contributed by atoms with Crippen molar-refractivity contribution in [2.24, 2.45) is 0 Å². The molecular weight excluding hydrogens is 176 g/mol. The molecule has 0 unspecified atom stereocenters. The summed E-state index contributed by atoms with van der Waals surface area (Å²) in [6.07, 6.45) is 0. The van der Waals surface area contributed by atoms with Gasteiger partial charge in [0.15, 0.2) is 5.78 Å². The third-order valence-corrected chi connectivity index (χ3v) is 1.99. The van der Waals surface area contributed by atoms with Crippen LogP contribution in [0, 0.1) is 6.92 Å². The molecule has 74 valence electrons. The van der Waals surface area contributed by atoms with Crippen LogP contribution in [0.25, 0.3) is 0 Å². The molecule has 1 rings (SSSR count). The maximum atomic E-state index is 11.7. The number of Topliss-reactive ketones (excluding diaryl/α,β-unsaturated/α-hetero) is 1. The van der Waals surface area contributed by atoms with Gasteiger partial charge in [-0.1, -0.05) is 18.2 Å². The number of rotatable bonds is 3. The standard InChI is InChI=1S/C12H14O2/c1-8(2)12(13)10-7-9(3)5-6-11(10)14-4/h5-7H,1H2,2-4H3. The fourth-order valence-corrected chi connectivity index (χ4v) is 1.23. The minimum atomic E-state index is -0.0643. The minimum absolute atomic E-state index is 0.0643. The van der Waals surface area contributed by atoms with Crippen LogP contribution in [0.1, 0.15) is 22.8 Å². The smallest absolute Gasteiger partial charge is 0.191 e. The van der Waals surface area contributed by atoms with Gasteiger partial charge in [0.25, 0.3) is 0 Å². The molecular formula is C12H14O2. The van der Waals surface area contributed by atoms with Crippen molar-refractivity contribution in [3.63, 3.8) is 0 Å². The Hall–Kier alpha value is -1.57. The molecule has 1 aromatic rings. The van der Waals surface area contributed by atoms with Gasteiger partial charge in [-0.25, -0.2) is 0 Å². The topological polar surface area (TPSA) is 26.3 Å². The van der Waals surface area contributed by atoms with E-state index < -0.39 is 0 Å². The summed E-state index contributed by atoms with van der Waals surface area (Å²) in [6, 6.07) is 5.52. The molecule has 0 aliphatic carbocycles. The zero-order valence-corrected chi connectivity index (χ0v) is 8.76. The second-order valence-electron chi connectivity index (χ2n) is 3.31. The van der Waals surface area contributed by atoms with Gasteiger partial charge in [-0.3, -0.25) is 4.79 Å². The first kappa shape index (κ1) is 10.5. The van der Waals surface area contributed by atoms with Gasteiger partial charge in [0, 0.05) is 0 Å². The number of hydrogen-bond acceptors (Lipinski definition) is 2. The summed E-state index contributed by atoms with van der Waals surface area (Å²) in [5, 5.41) is 0. The molecule has 14 heavy (non-hydrogen) atoms. The summed E-state index contributed by atoms with van der Waals surface area (Å²) in [5.41, 5.74) is 2.14. The monoisotopic (exact) mass is 190 g/mol. The number of ketones is 1. The van der Waals surface area contributed by atoms with Crippen LogP contribution < -0.4 is 4.74 Å². The fraction of sp³-hybridized carbons (Fsp3) is 0.250. The van der Waals surface area contributed by atoms with Gasteiger partial charge in [-0.2, -0.15) is 0 Å². The lowest BCUT2D eigenvalue weighted by atomic mass is 10.0. The van der Waals surface area contributed by atoms with E-state index in [1.807, 2.05) is 19.1 Å². The van der Waals surface area contributed by atoms with Crippen molar-refractivity contribution in [1.82, 2.24) is 0 Å². The molecule has 2 nitrogen and oxygen atoms in total. The highest BCUT2D eigenvalue weighted by Gasteiger charge is 2.12. The summed E-state index contributed by atoms with van der Waals surface area (Å²) in [6.45, 7) is 7.27. The second-order valence-corrected chi connectivity index (χ2v) is 3.31. The Kier molecular flexibility index (Phi) is 3.07. The maximum absolute atomic E-state index is 11.7. The van der Waals surface area contributed by atoms with Crippen molar-refractivity contribution in [2.45, 2.75) is 13.8 Å². The molecule has 1 aromatic carbocycles. The number of carbonyl (C=O) groups is 1. The van der Waals surface area contributed by atoms with Crippen LogP contribution in [-0.2, 0) is 0 Å². The van der Waals surface area contributed by atoms with Gasteiger partial charge in [0.2, 0.25) is 0 Å². The Morgan fingerprint density at radius 3 is 2.57 bits per heavy atom. The number of ether oxygens (including phenoxy) is 1. The highest BCUT2D eigenvalue weighted by molar-refractivity contribution is 6.09. The predicted octanol–water partition coefficient (Wildman–Crippen LogP) is 2.76. The zero-order chi connectivity index (χ0) is 10.7. The van der Waals surface area contributed by atoms with E-state index in [0.29, 0.717) is 16.9 Å². The van der Waals surface area contributed by atoms with E-state index in [1.54, 1.807) is 20.1 Å². The first-order valence-electron chi connectivity index (χ1n) is 4.41. The first-order valence-corrected chi connectivity index (χ1v) is 4.41. The molecule has 0 heterocycles. The van der Waals surface area contributed by atoms with Crippen LogP contribution in [0.5, 0.6) is 5.75 Å². The summed E-state index contributed by atoms with van der Waals surface area (Å²) in [7, 11) is 1.56. The number of hydrogen-bond donors (Lipinski definition) is 0. The van der Waals surface area contributed by atoms with E-state index in [9.17, 15) is 4.79 Å². The van der Waals surface area contributed by atoms with Crippen molar-refractivity contribution < 1.29 is 9.53 Å². The average molecular weight is 190 g/mol. The summed E-state index contributed by atoms with van der Waals surface area (Å²) in [5.74, 6) is 0.536. The van der Waals surface area contributed by atoms with E-state index in [-0.39, 0.29) is 5.78 Å². The Morgan fingerprint density at radius 1 is 1.43 bits per heavy atom. The Balaban J connectivity index is 3.23. The summed E-state index contributed by atoms with van der Waals surface area (Å²) >= 11 is 0. The van der Waals surface area contributed by atoms with Gasteiger partial charge < -0.3 is 4.74 Å². The third-order valence-electron chi connectivity index (χ3n) is 1.99. The van der Waals surface area contributed by atoms with Crippen molar-refractivity contribution in [3.05, 3.63) is 41.5 Å². The second kappa shape index (κ2) is 4.09. The van der Waals surface area contributed by atoms with Crippen LogP contribution in [-0.4, -0.2) is 12.9 Å². The van der Waals surface area contributed by atoms with Crippen molar-refractivity contribution in [2.75, 3.05) is 7.11 Å². The molecule has 0 saturated carbocycles. The molecule has 0 atom stereocenters. The Morgan fingerprint density at radius 2 is 2.07 bits per heavy atom. The molecule has 2 heteroatoms. The maximum Gasteiger partial charge on any atom is 0.191 e. The highest BCUT2D eigenvalue weighted by atomic mass is 16.5. The average Bonchev–Trinajstić information content (AvgIpc) is 2.16. The molecule has 0 aliphatic heterocycles. The predicted molar refractivity (Wildman–Crippen MR) is 56.9 cm³/mol. The van der Waals surface area contributed by atoms with E-state index >= 15 is 0 Å². The number of allylic oxidation sites excluding steroid dienone is 1. The number of carbonyl (C=O) groups excluding carboxylic acids is 1. The van der Waals surface area contributed by atoms with Gasteiger partial charge in [0.05, 0.1) is 12.7 Å². The lowest BCUT2D eigenvalue weighted by Crippen LogP contribution is -2.03. The number of aryl methyl sites for hydroxylation is 1. The molecule has 0 aromatic heterocycles. The van der Waals surface area contributed by atoms with Gasteiger partial charge in [-0.15, -0.1) is 0 Å². The number of methoxy groups -OCH3 is 1. The molecule has 0 fully saturated rings. The largest absolute Gasteiger partial charge is 0.496 e. The SMILES string of the molecule is C=C(C)C(=O)c1cc(C)ccc1OC. The Bertz CT molecular complexity index is 378. The lowest BCUT2D eigenvalue weighted by Gasteiger charge is -2.07. The quantitative estimate of drug-likeness (QED) is 0.541. The van der Waals surface area contributed by atoms with Gasteiger partial charge >= 0.3 is 0 Å². The normalized spacial score (nSPS) is 9.64. The summed E-state index contributed by atoms with van der Waals surface area (Å²) in [4.78, 5) is 11.7.